The molecule has 9 aromatic carbocycles. The van der Waals surface area contributed by atoms with Crippen LogP contribution in [0.25, 0.3) is 77.2 Å². The van der Waals surface area contributed by atoms with Gasteiger partial charge in [-0.1, -0.05) is 97.1 Å². The van der Waals surface area contributed by atoms with Gasteiger partial charge in [-0.05, 0) is 112 Å². The molecule has 5 heterocycles. The van der Waals surface area contributed by atoms with Gasteiger partial charge < -0.3 is 23.3 Å². The van der Waals surface area contributed by atoms with Crippen molar-refractivity contribution in [3.63, 3.8) is 0 Å². The standard InChI is InChI=1S/C55H31BN2O3/c1-4-17-42-36(11-1)37-12-2-5-18-43(37)57(42)32-25-26-46-40(29-32)38-13-3-6-19-44(38)58(46)45-20-8-16-35-34-15-7-14-33(39(34)30-41(35)45)31-27-51-55-52(28-31)61-50-24-10-22-48-54(50)56(55)53-47(59-48)21-9-23-49(53)60-51/h1-29H,30H2. The molecule has 282 valence electrons. The first-order valence-corrected chi connectivity index (χ1v) is 21.0. The van der Waals surface area contributed by atoms with Crippen molar-refractivity contribution in [3.8, 4) is 68.1 Å². The molecule has 0 fully saturated rings. The van der Waals surface area contributed by atoms with E-state index in [0.29, 0.717) is 0 Å². The van der Waals surface area contributed by atoms with Crippen LogP contribution in [0.4, 0.5) is 0 Å². The summed E-state index contributed by atoms with van der Waals surface area (Å²) in [7, 11) is 0. The van der Waals surface area contributed by atoms with E-state index in [1.54, 1.807) is 0 Å². The molecular formula is C55H31BN2O3. The van der Waals surface area contributed by atoms with Crippen molar-refractivity contribution in [2.45, 2.75) is 6.42 Å². The molecule has 0 saturated carbocycles. The Hall–Kier alpha value is -7.96. The highest BCUT2D eigenvalue weighted by atomic mass is 16.5. The zero-order valence-corrected chi connectivity index (χ0v) is 32.6. The van der Waals surface area contributed by atoms with Gasteiger partial charge in [0, 0.05) is 50.0 Å². The lowest BCUT2D eigenvalue weighted by Crippen LogP contribution is -2.59. The molecule has 6 heteroatoms. The summed E-state index contributed by atoms with van der Waals surface area (Å²) in [4.78, 5) is 0. The van der Waals surface area contributed by atoms with Gasteiger partial charge in [-0.3, -0.25) is 0 Å². The van der Waals surface area contributed by atoms with E-state index in [1.165, 1.54) is 77.1 Å². The number of benzene rings is 9. The number of hydrogen-bond acceptors (Lipinski definition) is 3. The van der Waals surface area contributed by atoms with E-state index in [0.717, 1.165) is 68.6 Å². The van der Waals surface area contributed by atoms with Crippen LogP contribution in [0.15, 0.2) is 176 Å². The van der Waals surface area contributed by atoms with Crippen molar-refractivity contribution < 1.29 is 14.2 Å². The lowest BCUT2D eigenvalue weighted by atomic mass is 9.34. The largest absolute Gasteiger partial charge is 0.458 e. The number of aromatic nitrogens is 2. The molecule has 3 aliphatic heterocycles. The second kappa shape index (κ2) is 11.4. The molecule has 0 N–H and O–H groups in total. The van der Waals surface area contributed by atoms with Crippen LogP contribution < -0.4 is 30.6 Å². The summed E-state index contributed by atoms with van der Waals surface area (Å²) in [5, 5.41) is 5.01. The molecule has 61 heavy (non-hydrogen) atoms. The maximum absolute atomic E-state index is 6.75. The summed E-state index contributed by atoms with van der Waals surface area (Å²) in [6.45, 7) is -0.00901. The fraction of sp³-hybridized carbons (Fsp3) is 0.0182. The third kappa shape index (κ3) is 4.11. The first kappa shape index (κ1) is 32.0. The molecule has 0 radical (unpaired) electrons. The molecule has 2 aromatic heterocycles. The molecule has 0 spiro atoms. The zero-order valence-electron chi connectivity index (χ0n) is 32.6. The highest BCUT2D eigenvalue weighted by Crippen LogP contribution is 2.48. The fourth-order valence-electron chi connectivity index (χ4n) is 11.2. The molecule has 0 bridgehead atoms. The molecule has 0 atom stereocenters. The van der Waals surface area contributed by atoms with Crippen LogP contribution >= 0.6 is 0 Å². The minimum atomic E-state index is -0.00901. The SMILES string of the molecule is c1cc2c3c(c1)Oc1cc(-c4cccc5c4Cc4c-5cccc4-n4c5ccccc5c5cc(-n6c7ccccc7c7ccccc76)ccc54)cc4c1B3c1c(cccc1O4)O2. The Morgan fingerprint density at radius 2 is 0.836 bits per heavy atom. The Morgan fingerprint density at radius 1 is 0.361 bits per heavy atom. The van der Waals surface area contributed by atoms with Crippen molar-refractivity contribution in [3.05, 3.63) is 187 Å². The first-order chi connectivity index (χ1) is 30.2. The Labute approximate surface area is 350 Å². The van der Waals surface area contributed by atoms with Crippen molar-refractivity contribution in [2.75, 3.05) is 0 Å². The van der Waals surface area contributed by atoms with Crippen molar-refractivity contribution in [2.24, 2.45) is 0 Å². The smallest absolute Gasteiger partial charge is 0.270 e. The molecule has 15 rings (SSSR count). The second-order valence-corrected chi connectivity index (χ2v) is 16.7. The second-order valence-electron chi connectivity index (χ2n) is 16.7. The highest BCUT2D eigenvalue weighted by Gasteiger charge is 2.46. The van der Waals surface area contributed by atoms with Crippen LogP contribution in [0.1, 0.15) is 11.1 Å². The quantitative estimate of drug-likeness (QED) is 0.168. The van der Waals surface area contributed by atoms with Gasteiger partial charge in [0.05, 0.1) is 27.8 Å². The monoisotopic (exact) mass is 778 g/mol. The Balaban J connectivity index is 0.883. The lowest BCUT2D eigenvalue weighted by Gasteiger charge is -2.37. The van der Waals surface area contributed by atoms with Gasteiger partial charge in [-0.25, -0.2) is 0 Å². The number of rotatable bonds is 3. The minimum Gasteiger partial charge on any atom is -0.458 e. The van der Waals surface area contributed by atoms with Gasteiger partial charge in [-0.15, -0.1) is 0 Å². The molecule has 0 unspecified atom stereocenters. The van der Waals surface area contributed by atoms with Crippen LogP contribution in [-0.2, 0) is 6.42 Å². The van der Waals surface area contributed by atoms with Crippen LogP contribution in [0.2, 0.25) is 0 Å². The number of nitrogens with zero attached hydrogens (tertiary/aromatic N) is 2. The average Bonchev–Trinajstić information content (AvgIpc) is 3.97. The summed E-state index contributed by atoms with van der Waals surface area (Å²) in [5.74, 6) is 5.04. The normalized spacial score (nSPS) is 13.5. The number of hydrogen-bond donors (Lipinski definition) is 0. The van der Waals surface area contributed by atoms with Gasteiger partial charge >= 0.3 is 0 Å². The van der Waals surface area contributed by atoms with E-state index in [1.807, 2.05) is 24.3 Å². The summed E-state index contributed by atoms with van der Waals surface area (Å²) in [5.41, 5.74) is 17.9. The van der Waals surface area contributed by atoms with Gasteiger partial charge in [-0.2, -0.15) is 0 Å². The van der Waals surface area contributed by atoms with Gasteiger partial charge in [0.2, 0.25) is 0 Å². The van der Waals surface area contributed by atoms with E-state index >= 15 is 0 Å². The molecule has 1 aliphatic carbocycles. The van der Waals surface area contributed by atoms with E-state index in [4.69, 9.17) is 14.2 Å². The predicted molar refractivity (Wildman–Crippen MR) is 247 cm³/mol. The maximum Gasteiger partial charge on any atom is 0.270 e. The van der Waals surface area contributed by atoms with Crippen molar-refractivity contribution in [1.82, 2.24) is 9.13 Å². The lowest BCUT2D eigenvalue weighted by molar-refractivity contribution is 0.443. The highest BCUT2D eigenvalue weighted by molar-refractivity contribution is 6.99. The molecule has 11 aromatic rings. The first-order valence-electron chi connectivity index (χ1n) is 21.0. The van der Waals surface area contributed by atoms with Crippen molar-refractivity contribution >= 4 is 66.7 Å². The molecule has 0 amide bonds. The predicted octanol–water partition coefficient (Wildman–Crippen LogP) is 12.0. The summed E-state index contributed by atoms with van der Waals surface area (Å²) < 4.78 is 24.8. The van der Waals surface area contributed by atoms with Crippen molar-refractivity contribution in [1.29, 1.82) is 0 Å². The zero-order chi connectivity index (χ0) is 39.5. The van der Waals surface area contributed by atoms with E-state index in [9.17, 15) is 0 Å². The maximum atomic E-state index is 6.75. The van der Waals surface area contributed by atoms with Gasteiger partial charge in [0.1, 0.15) is 34.5 Å². The number of para-hydroxylation sites is 3. The number of fused-ring (bicyclic) bond motifs is 9. The third-order valence-corrected chi connectivity index (χ3v) is 13.7. The summed E-state index contributed by atoms with van der Waals surface area (Å²) >= 11 is 0. The topological polar surface area (TPSA) is 37.5 Å². The van der Waals surface area contributed by atoms with Crippen LogP contribution in [0.3, 0.4) is 0 Å². The summed E-state index contributed by atoms with van der Waals surface area (Å²) in [6.07, 6.45) is 0.803. The third-order valence-electron chi connectivity index (χ3n) is 13.7. The summed E-state index contributed by atoms with van der Waals surface area (Å²) in [6, 6.07) is 63.5. The van der Waals surface area contributed by atoms with Crippen LogP contribution in [0.5, 0.6) is 34.5 Å². The van der Waals surface area contributed by atoms with E-state index in [2.05, 4.69) is 161 Å². The van der Waals surface area contributed by atoms with Crippen LogP contribution in [0, 0.1) is 0 Å². The fourth-order valence-corrected chi connectivity index (χ4v) is 11.2. The Kier molecular flexibility index (Phi) is 5.98. The Bertz CT molecular complexity index is 3670. The molecule has 0 saturated heterocycles. The van der Waals surface area contributed by atoms with Crippen LogP contribution in [-0.4, -0.2) is 15.8 Å². The molecule has 4 aliphatic rings. The van der Waals surface area contributed by atoms with E-state index in [-0.39, 0.29) is 6.71 Å². The van der Waals surface area contributed by atoms with Gasteiger partial charge in [0.25, 0.3) is 6.71 Å². The molecule has 5 nitrogen and oxygen atoms in total. The van der Waals surface area contributed by atoms with Gasteiger partial charge in [0.15, 0.2) is 0 Å². The average molecular weight is 779 g/mol. The number of ether oxygens (including phenoxy) is 3. The minimum absolute atomic E-state index is 0.00901. The van der Waals surface area contributed by atoms with E-state index < -0.39 is 0 Å². The Morgan fingerprint density at radius 3 is 1.48 bits per heavy atom. The molecular weight excluding hydrogens is 747 g/mol.